The zero-order valence-electron chi connectivity index (χ0n) is 17.3. The molecule has 0 aliphatic rings. The first kappa shape index (κ1) is 21.7. The Labute approximate surface area is 179 Å². The fraction of sp³-hybridized carbons (Fsp3) is 0.227. The monoisotopic (exact) mass is 418 g/mol. The SMILES string of the molecule is CN(C)CCN(Cc1ccc(C#N)cc1)C(=O)c1cnn(-c2ccc([N+](=O)[O-])cc2)c1. The van der Waals surface area contributed by atoms with Gasteiger partial charge in [0.2, 0.25) is 0 Å². The maximum absolute atomic E-state index is 13.2. The molecule has 0 aliphatic heterocycles. The zero-order chi connectivity index (χ0) is 22.4. The topological polar surface area (TPSA) is 108 Å². The molecule has 1 amide bonds. The summed E-state index contributed by atoms with van der Waals surface area (Å²) in [5, 5.41) is 24.0. The van der Waals surface area contributed by atoms with E-state index in [1.54, 1.807) is 35.4 Å². The van der Waals surface area contributed by atoms with Crippen LogP contribution in [0.5, 0.6) is 0 Å². The van der Waals surface area contributed by atoms with Gasteiger partial charge in [-0.25, -0.2) is 4.68 Å². The van der Waals surface area contributed by atoms with E-state index in [0.29, 0.717) is 36.4 Å². The molecule has 0 spiro atoms. The third-order valence-electron chi connectivity index (χ3n) is 4.72. The molecule has 1 heterocycles. The van der Waals surface area contributed by atoms with E-state index in [1.165, 1.54) is 23.0 Å². The number of nitrogens with zero attached hydrogens (tertiary/aromatic N) is 6. The Hall–Kier alpha value is -4.03. The number of carbonyl (C=O) groups excluding carboxylic acids is 1. The van der Waals surface area contributed by atoms with Crippen molar-refractivity contribution in [2.45, 2.75) is 6.54 Å². The van der Waals surface area contributed by atoms with Crippen LogP contribution in [-0.2, 0) is 6.54 Å². The summed E-state index contributed by atoms with van der Waals surface area (Å²) < 4.78 is 1.52. The first-order valence-corrected chi connectivity index (χ1v) is 9.60. The molecular formula is C22H22N6O3. The normalized spacial score (nSPS) is 10.6. The zero-order valence-corrected chi connectivity index (χ0v) is 17.3. The number of non-ortho nitro benzene ring substituents is 1. The van der Waals surface area contributed by atoms with Crippen molar-refractivity contribution in [2.75, 3.05) is 27.2 Å². The molecule has 0 radical (unpaired) electrons. The highest BCUT2D eigenvalue weighted by atomic mass is 16.6. The molecule has 0 bridgehead atoms. The molecule has 0 atom stereocenters. The third kappa shape index (κ3) is 5.52. The van der Waals surface area contributed by atoms with Gasteiger partial charge < -0.3 is 9.80 Å². The predicted molar refractivity (Wildman–Crippen MR) is 115 cm³/mol. The van der Waals surface area contributed by atoms with Crippen molar-refractivity contribution in [1.29, 1.82) is 5.26 Å². The van der Waals surface area contributed by atoms with E-state index < -0.39 is 4.92 Å². The van der Waals surface area contributed by atoms with Crippen molar-refractivity contribution < 1.29 is 9.72 Å². The number of aromatic nitrogens is 2. The molecule has 3 aromatic rings. The standard InChI is InChI=1S/C22H22N6O3/c1-25(2)11-12-26(15-18-5-3-17(13-23)4-6-18)22(29)19-14-24-27(16-19)20-7-9-21(10-8-20)28(30)31/h3-10,14,16H,11-12,15H2,1-2H3. The van der Waals surface area contributed by atoms with Crippen LogP contribution in [0.3, 0.4) is 0 Å². The molecular weight excluding hydrogens is 396 g/mol. The lowest BCUT2D eigenvalue weighted by atomic mass is 10.1. The second-order valence-electron chi connectivity index (χ2n) is 7.29. The van der Waals surface area contributed by atoms with E-state index in [1.807, 2.05) is 31.1 Å². The maximum Gasteiger partial charge on any atom is 0.269 e. The fourth-order valence-corrected chi connectivity index (χ4v) is 2.96. The van der Waals surface area contributed by atoms with Crippen LogP contribution in [0.2, 0.25) is 0 Å². The molecule has 9 nitrogen and oxygen atoms in total. The number of benzene rings is 2. The summed E-state index contributed by atoms with van der Waals surface area (Å²) in [7, 11) is 3.88. The van der Waals surface area contributed by atoms with Gasteiger partial charge in [0.25, 0.3) is 11.6 Å². The highest BCUT2D eigenvalue weighted by Gasteiger charge is 2.19. The summed E-state index contributed by atoms with van der Waals surface area (Å²) in [4.78, 5) is 27.3. The maximum atomic E-state index is 13.2. The molecule has 0 unspecified atom stereocenters. The van der Waals surface area contributed by atoms with E-state index in [4.69, 9.17) is 5.26 Å². The van der Waals surface area contributed by atoms with E-state index in [9.17, 15) is 14.9 Å². The van der Waals surface area contributed by atoms with Gasteiger partial charge in [0.15, 0.2) is 0 Å². The molecule has 2 aromatic carbocycles. The second kappa shape index (κ2) is 9.65. The van der Waals surface area contributed by atoms with Gasteiger partial charge in [-0.15, -0.1) is 0 Å². The number of hydrogen-bond acceptors (Lipinski definition) is 6. The van der Waals surface area contributed by atoms with Crippen LogP contribution in [-0.4, -0.2) is 57.6 Å². The van der Waals surface area contributed by atoms with Gasteiger partial charge in [-0.1, -0.05) is 12.1 Å². The van der Waals surface area contributed by atoms with Crippen molar-refractivity contribution >= 4 is 11.6 Å². The lowest BCUT2D eigenvalue weighted by Crippen LogP contribution is -2.36. The highest BCUT2D eigenvalue weighted by Crippen LogP contribution is 2.16. The molecule has 0 saturated heterocycles. The Morgan fingerprint density at radius 3 is 2.39 bits per heavy atom. The van der Waals surface area contributed by atoms with Gasteiger partial charge >= 0.3 is 0 Å². The van der Waals surface area contributed by atoms with E-state index in [2.05, 4.69) is 11.2 Å². The van der Waals surface area contributed by atoms with Crippen LogP contribution in [0.15, 0.2) is 60.9 Å². The Bertz CT molecular complexity index is 1100. The number of nitro groups is 1. The molecule has 1 aromatic heterocycles. The first-order valence-electron chi connectivity index (χ1n) is 9.60. The molecule has 3 rings (SSSR count). The molecule has 0 fully saturated rings. The molecule has 158 valence electrons. The quantitative estimate of drug-likeness (QED) is 0.411. The highest BCUT2D eigenvalue weighted by molar-refractivity contribution is 5.93. The number of amides is 1. The molecule has 9 heteroatoms. The Balaban J connectivity index is 1.80. The van der Waals surface area contributed by atoms with Crippen LogP contribution in [0.25, 0.3) is 5.69 Å². The summed E-state index contributed by atoms with van der Waals surface area (Å²) in [6.07, 6.45) is 3.11. The lowest BCUT2D eigenvalue weighted by Gasteiger charge is -2.24. The van der Waals surface area contributed by atoms with Crippen molar-refractivity contribution in [3.63, 3.8) is 0 Å². The molecule has 31 heavy (non-hydrogen) atoms. The van der Waals surface area contributed by atoms with Crippen LogP contribution in [0, 0.1) is 21.4 Å². The average molecular weight is 418 g/mol. The molecule has 0 aliphatic carbocycles. The largest absolute Gasteiger partial charge is 0.333 e. The van der Waals surface area contributed by atoms with Crippen LogP contribution < -0.4 is 0 Å². The van der Waals surface area contributed by atoms with Gasteiger partial charge in [-0.3, -0.25) is 14.9 Å². The number of carbonyl (C=O) groups is 1. The van der Waals surface area contributed by atoms with Gasteiger partial charge in [0.1, 0.15) is 0 Å². The van der Waals surface area contributed by atoms with Crippen LogP contribution >= 0.6 is 0 Å². The first-order chi connectivity index (χ1) is 14.9. The third-order valence-corrected chi connectivity index (χ3v) is 4.72. The van der Waals surface area contributed by atoms with Crippen molar-refractivity contribution in [3.05, 3.63) is 87.7 Å². The average Bonchev–Trinajstić information content (AvgIpc) is 3.27. The lowest BCUT2D eigenvalue weighted by molar-refractivity contribution is -0.384. The van der Waals surface area contributed by atoms with E-state index in [-0.39, 0.29) is 11.6 Å². The number of rotatable bonds is 8. The van der Waals surface area contributed by atoms with Gasteiger partial charge in [-0.2, -0.15) is 10.4 Å². The fourth-order valence-electron chi connectivity index (χ4n) is 2.96. The van der Waals surface area contributed by atoms with Crippen molar-refractivity contribution in [3.8, 4) is 11.8 Å². The number of hydrogen-bond donors (Lipinski definition) is 0. The summed E-state index contributed by atoms with van der Waals surface area (Å²) in [6, 6.07) is 15.2. The number of nitro benzene ring substituents is 1. The summed E-state index contributed by atoms with van der Waals surface area (Å²) in [5.41, 5.74) is 2.53. The Kier molecular flexibility index (Phi) is 6.74. The minimum Gasteiger partial charge on any atom is -0.333 e. The number of likely N-dealkylation sites (N-methyl/N-ethyl adjacent to an activating group) is 1. The summed E-state index contributed by atoms with van der Waals surface area (Å²) in [5.74, 6) is -0.167. The van der Waals surface area contributed by atoms with Crippen molar-refractivity contribution in [1.82, 2.24) is 19.6 Å². The predicted octanol–water partition coefficient (Wildman–Crippen LogP) is 2.86. The minimum atomic E-state index is -0.465. The summed E-state index contributed by atoms with van der Waals surface area (Å²) >= 11 is 0. The Morgan fingerprint density at radius 2 is 1.81 bits per heavy atom. The van der Waals surface area contributed by atoms with Crippen LogP contribution in [0.4, 0.5) is 5.69 Å². The number of nitriles is 1. The Morgan fingerprint density at radius 1 is 1.13 bits per heavy atom. The molecule has 0 N–H and O–H groups in total. The van der Waals surface area contributed by atoms with Gasteiger partial charge in [0, 0.05) is 38.0 Å². The van der Waals surface area contributed by atoms with E-state index >= 15 is 0 Å². The summed E-state index contributed by atoms with van der Waals surface area (Å²) in [6.45, 7) is 1.62. The van der Waals surface area contributed by atoms with Gasteiger partial charge in [0.05, 0.1) is 34.0 Å². The van der Waals surface area contributed by atoms with Gasteiger partial charge in [-0.05, 0) is 43.9 Å². The van der Waals surface area contributed by atoms with Crippen molar-refractivity contribution in [2.24, 2.45) is 0 Å². The van der Waals surface area contributed by atoms with Crippen LogP contribution in [0.1, 0.15) is 21.5 Å². The van der Waals surface area contributed by atoms with E-state index in [0.717, 1.165) is 5.56 Å². The molecule has 0 saturated carbocycles. The second-order valence-corrected chi connectivity index (χ2v) is 7.29. The smallest absolute Gasteiger partial charge is 0.269 e. The minimum absolute atomic E-state index is 0.00974.